The molecule has 3 heterocycles. The van der Waals surface area contributed by atoms with Crippen molar-refractivity contribution in [2.75, 3.05) is 37.7 Å². The molecule has 2 N–H and O–H groups in total. The van der Waals surface area contributed by atoms with Crippen LogP contribution in [-0.4, -0.2) is 63.0 Å². The summed E-state index contributed by atoms with van der Waals surface area (Å²) < 4.78 is 23.5. The SMILES string of the molecule is CCNC(=NCC(c1cccs1)N1CCC(C)CC1)NC1CCS(=O)(=O)C1. The average molecular weight is 413 g/mol. The molecule has 0 aliphatic carbocycles. The molecule has 27 heavy (non-hydrogen) atoms. The van der Waals surface area contributed by atoms with Crippen LogP contribution >= 0.6 is 11.3 Å². The molecule has 2 aliphatic heterocycles. The lowest BCUT2D eigenvalue weighted by molar-refractivity contribution is 0.143. The minimum atomic E-state index is -2.90. The molecule has 0 bridgehead atoms. The highest BCUT2D eigenvalue weighted by Crippen LogP contribution is 2.29. The van der Waals surface area contributed by atoms with Gasteiger partial charge in [0.15, 0.2) is 15.8 Å². The molecule has 0 saturated carbocycles. The third-order valence-electron chi connectivity index (χ3n) is 5.47. The van der Waals surface area contributed by atoms with Gasteiger partial charge < -0.3 is 10.6 Å². The van der Waals surface area contributed by atoms with Crippen molar-refractivity contribution >= 4 is 27.1 Å². The minimum absolute atomic E-state index is 0.0381. The number of nitrogens with one attached hydrogen (secondary N) is 2. The van der Waals surface area contributed by atoms with Crippen LogP contribution in [-0.2, 0) is 9.84 Å². The standard InChI is InChI=1S/C19H32N4O2S2/c1-3-20-19(22-16-8-12-27(24,25)14-16)21-13-17(18-5-4-11-26-18)23-9-6-15(2)7-10-23/h4-5,11,15-17H,3,6-10,12-14H2,1-2H3,(H2,20,21,22). The number of hydrogen-bond donors (Lipinski definition) is 2. The minimum Gasteiger partial charge on any atom is -0.357 e. The first kappa shape index (κ1) is 20.6. The highest BCUT2D eigenvalue weighted by atomic mass is 32.2. The predicted octanol–water partition coefficient (Wildman–Crippen LogP) is 2.26. The second-order valence-corrected chi connectivity index (χ2v) is 10.9. The normalized spacial score (nSPS) is 25.4. The molecule has 1 aromatic rings. The second kappa shape index (κ2) is 9.39. The molecular formula is C19H32N4O2S2. The summed E-state index contributed by atoms with van der Waals surface area (Å²) in [5.41, 5.74) is 0. The van der Waals surface area contributed by atoms with Crippen LogP contribution in [0.1, 0.15) is 44.0 Å². The van der Waals surface area contributed by atoms with Crippen molar-refractivity contribution in [2.45, 2.75) is 45.2 Å². The molecule has 2 unspecified atom stereocenters. The summed E-state index contributed by atoms with van der Waals surface area (Å²) >= 11 is 1.79. The van der Waals surface area contributed by atoms with E-state index < -0.39 is 9.84 Å². The molecule has 8 heteroatoms. The molecule has 2 atom stereocenters. The molecule has 2 fully saturated rings. The van der Waals surface area contributed by atoms with E-state index in [2.05, 4.69) is 40.0 Å². The summed E-state index contributed by atoms with van der Waals surface area (Å²) in [6.45, 7) is 8.04. The van der Waals surface area contributed by atoms with Crippen LogP contribution in [0.3, 0.4) is 0 Å². The third kappa shape index (κ3) is 5.93. The zero-order valence-corrected chi connectivity index (χ0v) is 18.0. The number of nitrogens with zero attached hydrogens (tertiary/aromatic N) is 2. The Labute approximate surface area is 167 Å². The number of thiophene rings is 1. The van der Waals surface area contributed by atoms with Crippen molar-refractivity contribution < 1.29 is 8.42 Å². The Balaban J connectivity index is 1.68. The monoisotopic (exact) mass is 412 g/mol. The second-order valence-electron chi connectivity index (χ2n) is 7.71. The Hall–Kier alpha value is -1.12. The molecule has 2 saturated heterocycles. The van der Waals surface area contributed by atoms with Gasteiger partial charge in [-0.25, -0.2) is 8.42 Å². The Morgan fingerprint density at radius 3 is 2.74 bits per heavy atom. The fourth-order valence-electron chi connectivity index (χ4n) is 3.81. The summed E-state index contributed by atoms with van der Waals surface area (Å²) in [5.74, 6) is 2.01. The maximum atomic E-state index is 11.7. The zero-order valence-electron chi connectivity index (χ0n) is 16.4. The molecule has 2 aliphatic rings. The molecule has 3 rings (SSSR count). The van der Waals surface area contributed by atoms with Gasteiger partial charge in [0, 0.05) is 17.5 Å². The first-order valence-corrected chi connectivity index (χ1v) is 12.7. The van der Waals surface area contributed by atoms with Gasteiger partial charge in [-0.2, -0.15) is 0 Å². The van der Waals surface area contributed by atoms with Crippen LogP contribution < -0.4 is 10.6 Å². The van der Waals surface area contributed by atoms with Gasteiger partial charge in [0.2, 0.25) is 0 Å². The van der Waals surface area contributed by atoms with Crippen LogP contribution in [0.2, 0.25) is 0 Å². The fourth-order valence-corrected chi connectivity index (χ4v) is 6.33. The molecular weight excluding hydrogens is 380 g/mol. The molecule has 6 nitrogen and oxygen atoms in total. The number of piperidine rings is 1. The van der Waals surface area contributed by atoms with Gasteiger partial charge in [0.05, 0.1) is 24.1 Å². The highest BCUT2D eigenvalue weighted by Gasteiger charge is 2.29. The predicted molar refractivity (Wildman–Crippen MR) is 113 cm³/mol. The van der Waals surface area contributed by atoms with Crippen molar-refractivity contribution in [1.29, 1.82) is 0 Å². The summed E-state index contributed by atoms with van der Waals surface area (Å²) in [4.78, 5) is 8.75. The first-order valence-electron chi connectivity index (χ1n) is 9.99. The van der Waals surface area contributed by atoms with Gasteiger partial charge in [-0.1, -0.05) is 13.0 Å². The van der Waals surface area contributed by atoms with Gasteiger partial charge in [-0.05, 0) is 56.6 Å². The lowest BCUT2D eigenvalue weighted by Crippen LogP contribution is -2.44. The summed E-state index contributed by atoms with van der Waals surface area (Å²) in [6, 6.07) is 4.56. The van der Waals surface area contributed by atoms with Crippen molar-refractivity contribution in [2.24, 2.45) is 10.9 Å². The first-order chi connectivity index (χ1) is 13.0. The molecule has 0 spiro atoms. The van der Waals surface area contributed by atoms with Crippen LogP contribution in [0.25, 0.3) is 0 Å². The van der Waals surface area contributed by atoms with Crippen molar-refractivity contribution in [1.82, 2.24) is 15.5 Å². The quantitative estimate of drug-likeness (QED) is 0.554. The van der Waals surface area contributed by atoms with E-state index in [1.807, 2.05) is 6.92 Å². The van der Waals surface area contributed by atoms with Crippen molar-refractivity contribution in [3.8, 4) is 0 Å². The van der Waals surface area contributed by atoms with E-state index >= 15 is 0 Å². The average Bonchev–Trinajstić information content (AvgIpc) is 3.26. The van der Waals surface area contributed by atoms with Crippen LogP contribution in [0.4, 0.5) is 0 Å². The van der Waals surface area contributed by atoms with Gasteiger partial charge in [-0.15, -0.1) is 11.3 Å². The van der Waals surface area contributed by atoms with Crippen molar-refractivity contribution in [3.05, 3.63) is 22.4 Å². The number of aliphatic imine (C=N–C) groups is 1. The molecule has 0 amide bonds. The van der Waals surface area contributed by atoms with E-state index in [4.69, 9.17) is 4.99 Å². The van der Waals surface area contributed by atoms with E-state index in [0.29, 0.717) is 19.0 Å². The smallest absolute Gasteiger partial charge is 0.191 e. The molecule has 1 aromatic heterocycles. The van der Waals surface area contributed by atoms with E-state index in [0.717, 1.165) is 31.5 Å². The molecule has 152 valence electrons. The summed E-state index contributed by atoms with van der Waals surface area (Å²) in [7, 11) is -2.90. The van der Waals surface area contributed by atoms with E-state index in [1.54, 1.807) is 11.3 Å². The Morgan fingerprint density at radius 1 is 1.37 bits per heavy atom. The number of rotatable bonds is 6. The lowest BCUT2D eigenvalue weighted by Gasteiger charge is -2.35. The third-order valence-corrected chi connectivity index (χ3v) is 8.21. The summed E-state index contributed by atoms with van der Waals surface area (Å²) in [5, 5.41) is 8.73. The maximum Gasteiger partial charge on any atom is 0.191 e. The van der Waals surface area contributed by atoms with E-state index in [-0.39, 0.29) is 17.5 Å². The fraction of sp³-hybridized carbons (Fsp3) is 0.737. The number of guanidine groups is 1. The topological polar surface area (TPSA) is 73.8 Å². The van der Waals surface area contributed by atoms with Crippen molar-refractivity contribution in [3.63, 3.8) is 0 Å². The Kier molecular flexibility index (Phi) is 7.16. The van der Waals surface area contributed by atoms with E-state index in [9.17, 15) is 8.42 Å². The molecule has 0 radical (unpaired) electrons. The van der Waals surface area contributed by atoms with Gasteiger partial charge >= 0.3 is 0 Å². The molecule has 0 aromatic carbocycles. The number of sulfone groups is 1. The van der Waals surface area contributed by atoms with Crippen LogP contribution in [0.5, 0.6) is 0 Å². The van der Waals surface area contributed by atoms with Gasteiger partial charge in [0.25, 0.3) is 0 Å². The van der Waals surface area contributed by atoms with Gasteiger partial charge in [0.1, 0.15) is 0 Å². The van der Waals surface area contributed by atoms with Crippen LogP contribution in [0, 0.1) is 5.92 Å². The largest absolute Gasteiger partial charge is 0.357 e. The lowest BCUT2D eigenvalue weighted by atomic mass is 9.97. The maximum absolute atomic E-state index is 11.7. The highest BCUT2D eigenvalue weighted by molar-refractivity contribution is 7.91. The Bertz CT molecular complexity index is 710. The number of hydrogen-bond acceptors (Lipinski definition) is 5. The van der Waals surface area contributed by atoms with Crippen LogP contribution in [0.15, 0.2) is 22.5 Å². The van der Waals surface area contributed by atoms with Gasteiger partial charge in [-0.3, -0.25) is 9.89 Å². The summed E-state index contributed by atoms with van der Waals surface area (Å²) in [6.07, 6.45) is 3.14. The Morgan fingerprint density at radius 2 is 2.15 bits per heavy atom. The zero-order chi connectivity index (χ0) is 19.3. The van der Waals surface area contributed by atoms with E-state index in [1.165, 1.54) is 17.7 Å². The number of likely N-dealkylation sites (tertiary alicyclic amines) is 1.